The van der Waals surface area contributed by atoms with Crippen LogP contribution in [0.4, 0.5) is 0 Å². The van der Waals surface area contributed by atoms with Crippen molar-refractivity contribution < 1.29 is 14.3 Å². The summed E-state index contributed by atoms with van der Waals surface area (Å²) in [6.45, 7) is 0. The van der Waals surface area contributed by atoms with Gasteiger partial charge >= 0.3 is 5.63 Å². The Morgan fingerprint density at radius 2 is 1.84 bits per heavy atom. The molecule has 1 atom stereocenters. The number of nitriles is 1. The second kappa shape index (κ2) is 5.42. The van der Waals surface area contributed by atoms with E-state index in [1.807, 2.05) is 6.07 Å². The number of rotatable bonds is 1. The van der Waals surface area contributed by atoms with Crippen LogP contribution in [0.2, 0.25) is 0 Å². The third kappa shape index (κ3) is 2.22. The van der Waals surface area contributed by atoms with Gasteiger partial charge in [-0.25, -0.2) is 4.79 Å². The first kappa shape index (κ1) is 14.8. The summed E-state index contributed by atoms with van der Waals surface area (Å²) in [6, 6.07) is 15.2. The number of hydrogen-bond acceptors (Lipinski definition) is 6. The molecular weight excluding hydrogens is 320 g/mol. The molecule has 0 amide bonds. The summed E-state index contributed by atoms with van der Waals surface area (Å²) in [5.74, 6) is -0.405. The predicted octanol–water partition coefficient (Wildman–Crippen LogP) is 2.72. The molecule has 6 heteroatoms. The number of hydrogen-bond donors (Lipinski definition) is 2. The van der Waals surface area contributed by atoms with E-state index in [0.29, 0.717) is 22.3 Å². The number of phenols is 1. The molecule has 122 valence electrons. The molecule has 0 fully saturated rings. The SMILES string of the molecule is N#CC1=C(N)Oc2c(c(=O)oc3ccccc23)[C@@H]1c1ccc(O)cc1. The van der Waals surface area contributed by atoms with E-state index >= 15 is 0 Å². The summed E-state index contributed by atoms with van der Waals surface area (Å²) in [4.78, 5) is 12.6. The van der Waals surface area contributed by atoms with Crippen LogP contribution in [0.5, 0.6) is 11.5 Å². The van der Waals surface area contributed by atoms with Gasteiger partial charge < -0.3 is 20.0 Å². The van der Waals surface area contributed by atoms with Gasteiger partial charge in [-0.15, -0.1) is 0 Å². The monoisotopic (exact) mass is 332 g/mol. The van der Waals surface area contributed by atoms with Crippen molar-refractivity contribution in [1.29, 1.82) is 5.26 Å². The lowest BCUT2D eigenvalue weighted by atomic mass is 9.84. The van der Waals surface area contributed by atoms with Gasteiger partial charge in [0, 0.05) is 0 Å². The highest BCUT2D eigenvalue weighted by atomic mass is 16.5. The molecule has 0 unspecified atom stereocenters. The Balaban J connectivity index is 2.08. The Morgan fingerprint density at radius 3 is 2.56 bits per heavy atom. The average molecular weight is 332 g/mol. The molecule has 6 nitrogen and oxygen atoms in total. The Morgan fingerprint density at radius 1 is 1.12 bits per heavy atom. The second-order valence-electron chi connectivity index (χ2n) is 5.64. The molecule has 0 radical (unpaired) electrons. The molecule has 0 bridgehead atoms. The van der Waals surface area contributed by atoms with Crippen molar-refractivity contribution in [3.05, 3.63) is 81.5 Å². The van der Waals surface area contributed by atoms with Crippen LogP contribution in [0, 0.1) is 11.3 Å². The quantitative estimate of drug-likeness (QED) is 0.663. The van der Waals surface area contributed by atoms with Crippen LogP contribution >= 0.6 is 0 Å². The second-order valence-corrected chi connectivity index (χ2v) is 5.64. The molecule has 0 spiro atoms. The number of benzene rings is 2. The van der Waals surface area contributed by atoms with Crippen LogP contribution in [0.3, 0.4) is 0 Å². The lowest BCUT2D eigenvalue weighted by Gasteiger charge is -2.25. The van der Waals surface area contributed by atoms with Gasteiger partial charge in [0.1, 0.15) is 23.0 Å². The highest BCUT2D eigenvalue weighted by Gasteiger charge is 2.35. The van der Waals surface area contributed by atoms with E-state index in [0.717, 1.165) is 0 Å². The average Bonchev–Trinajstić information content (AvgIpc) is 2.61. The summed E-state index contributed by atoms with van der Waals surface area (Å²) in [6.07, 6.45) is 0. The molecule has 0 saturated heterocycles. The Labute approximate surface area is 142 Å². The van der Waals surface area contributed by atoms with Gasteiger partial charge in [-0.1, -0.05) is 24.3 Å². The summed E-state index contributed by atoms with van der Waals surface area (Å²) in [5.41, 5.74) is 6.72. The first-order valence-electron chi connectivity index (χ1n) is 7.52. The minimum atomic E-state index is -0.727. The van der Waals surface area contributed by atoms with E-state index in [1.54, 1.807) is 36.4 Å². The van der Waals surface area contributed by atoms with Crippen LogP contribution in [0.1, 0.15) is 17.0 Å². The van der Waals surface area contributed by atoms with E-state index in [-0.39, 0.29) is 22.8 Å². The largest absolute Gasteiger partial charge is 0.508 e. The third-order valence-corrected chi connectivity index (χ3v) is 4.20. The van der Waals surface area contributed by atoms with Crippen molar-refractivity contribution in [2.75, 3.05) is 0 Å². The fourth-order valence-corrected chi connectivity index (χ4v) is 3.07. The topological polar surface area (TPSA) is 109 Å². The van der Waals surface area contributed by atoms with Gasteiger partial charge in [-0.3, -0.25) is 0 Å². The van der Waals surface area contributed by atoms with Gasteiger partial charge in [-0.2, -0.15) is 5.26 Å². The number of para-hydroxylation sites is 1. The number of ether oxygens (including phenoxy) is 1. The van der Waals surface area contributed by atoms with Crippen molar-refractivity contribution in [3.8, 4) is 17.6 Å². The summed E-state index contributed by atoms with van der Waals surface area (Å²) in [7, 11) is 0. The van der Waals surface area contributed by atoms with Crippen LogP contribution in [0.15, 0.2) is 69.2 Å². The van der Waals surface area contributed by atoms with Crippen LogP contribution < -0.4 is 16.1 Å². The number of phenolic OH excluding ortho intramolecular Hbond substituents is 1. The van der Waals surface area contributed by atoms with Gasteiger partial charge in [0.15, 0.2) is 5.75 Å². The molecule has 0 aliphatic carbocycles. The highest BCUT2D eigenvalue weighted by molar-refractivity contribution is 5.86. The molecule has 0 saturated carbocycles. The zero-order valence-electron chi connectivity index (χ0n) is 12.9. The molecule has 2 heterocycles. The number of nitrogens with two attached hydrogens (primary N) is 1. The molecule has 1 aliphatic rings. The molecule has 2 aromatic carbocycles. The fourth-order valence-electron chi connectivity index (χ4n) is 3.07. The Bertz CT molecular complexity index is 1120. The van der Waals surface area contributed by atoms with Crippen molar-refractivity contribution >= 4 is 11.0 Å². The van der Waals surface area contributed by atoms with E-state index in [9.17, 15) is 15.2 Å². The maximum absolute atomic E-state index is 12.6. The molecule has 4 rings (SSSR count). The van der Waals surface area contributed by atoms with E-state index in [4.69, 9.17) is 14.9 Å². The van der Waals surface area contributed by atoms with Crippen molar-refractivity contribution in [2.45, 2.75) is 5.92 Å². The highest BCUT2D eigenvalue weighted by Crippen LogP contribution is 2.43. The van der Waals surface area contributed by atoms with E-state index < -0.39 is 11.5 Å². The maximum Gasteiger partial charge on any atom is 0.344 e. The van der Waals surface area contributed by atoms with E-state index in [2.05, 4.69) is 0 Å². The third-order valence-electron chi connectivity index (χ3n) is 4.20. The summed E-state index contributed by atoms with van der Waals surface area (Å²) in [5, 5.41) is 19.6. The van der Waals surface area contributed by atoms with Crippen LogP contribution in [-0.4, -0.2) is 5.11 Å². The van der Waals surface area contributed by atoms with Crippen molar-refractivity contribution in [3.63, 3.8) is 0 Å². The molecule has 1 aliphatic heterocycles. The first-order chi connectivity index (χ1) is 12.1. The lowest BCUT2D eigenvalue weighted by Crippen LogP contribution is -2.26. The number of fused-ring (bicyclic) bond motifs is 3. The Hall–Kier alpha value is -3.72. The molecule has 25 heavy (non-hydrogen) atoms. The molecule has 3 N–H and O–H groups in total. The summed E-state index contributed by atoms with van der Waals surface area (Å²) >= 11 is 0. The fraction of sp³-hybridized carbons (Fsp3) is 0.0526. The van der Waals surface area contributed by atoms with E-state index in [1.165, 1.54) is 12.1 Å². The zero-order valence-corrected chi connectivity index (χ0v) is 12.9. The predicted molar refractivity (Wildman–Crippen MR) is 89.9 cm³/mol. The minimum Gasteiger partial charge on any atom is -0.508 e. The molecule has 1 aromatic heterocycles. The van der Waals surface area contributed by atoms with Gasteiger partial charge in [0.2, 0.25) is 5.88 Å². The van der Waals surface area contributed by atoms with Gasteiger partial charge in [-0.05, 0) is 29.8 Å². The van der Waals surface area contributed by atoms with Gasteiger partial charge in [0.05, 0.1) is 16.9 Å². The molecule has 3 aromatic rings. The van der Waals surface area contributed by atoms with Crippen molar-refractivity contribution in [1.82, 2.24) is 0 Å². The number of aromatic hydroxyl groups is 1. The maximum atomic E-state index is 12.6. The first-order valence-corrected chi connectivity index (χ1v) is 7.52. The van der Waals surface area contributed by atoms with Crippen LogP contribution in [-0.2, 0) is 0 Å². The van der Waals surface area contributed by atoms with Gasteiger partial charge in [0.25, 0.3) is 0 Å². The normalized spacial score (nSPS) is 16.2. The van der Waals surface area contributed by atoms with Crippen molar-refractivity contribution in [2.24, 2.45) is 5.73 Å². The number of nitrogens with zero attached hydrogens (tertiary/aromatic N) is 1. The van der Waals surface area contributed by atoms with Crippen LogP contribution in [0.25, 0.3) is 11.0 Å². The molecular formula is C19H12N2O4. The smallest absolute Gasteiger partial charge is 0.344 e. The lowest BCUT2D eigenvalue weighted by molar-refractivity contribution is 0.388. The number of allylic oxidation sites excluding steroid dienone is 1. The Kier molecular flexibility index (Phi) is 3.22. The summed E-state index contributed by atoms with van der Waals surface area (Å²) < 4.78 is 11.0. The standard InChI is InChI=1S/C19H12N2O4/c20-9-13-15(10-5-7-11(22)8-6-10)16-17(25-18(13)21)12-3-1-2-4-14(12)24-19(16)23/h1-8,15,22H,21H2/t15-/m1/s1. The zero-order chi connectivity index (χ0) is 17.6. The minimum absolute atomic E-state index is 0.0520.